The number of aliphatic imine (C=N–C) groups is 1. The third-order valence-corrected chi connectivity index (χ3v) is 5.31. The molecule has 0 saturated carbocycles. The van der Waals surface area contributed by atoms with Crippen molar-refractivity contribution in [1.82, 2.24) is 15.2 Å². The first-order valence-corrected chi connectivity index (χ1v) is 9.93. The van der Waals surface area contributed by atoms with Gasteiger partial charge in [0, 0.05) is 57.0 Å². The number of rotatable bonds is 4. The first kappa shape index (κ1) is 21.4. The number of pyridine rings is 1. The highest BCUT2D eigenvalue weighted by atomic mass is 127. The molecule has 3 aromatic rings. The fourth-order valence-electron chi connectivity index (χ4n) is 3.83. The zero-order chi connectivity index (χ0) is 19.2. The molecule has 6 heteroatoms. The van der Waals surface area contributed by atoms with Gasteiger partial charge in [0.05, 0.1) is 5.52 Å². The normalized spacial score (nSPS) is 14.6. The average molecular weight is 501 g/mol. The Morgan fingerprint density at radius 3 is 2.48 bits per heavy atom. The Morgan fingerprint density at radius 2 is 1.72 bits per heavy atom. The van der Waals surface area contributed by atoms with Crippen LogP contribution < -0.4 is 10.2 Å². The van der Waals surface area contributed by atoms with Gasteiger partial charge in [-0.3, -0.25) is 9.98 Å². The van der Waals surface area contributed by atoms with E-state index in [1.165, 1.54) is 16.6 Å². The van der Waals surface area contributed by atoms with E-state index < -0.39 is 0 Å². The summed E-state index contributed by atoms with van der Waals surface area (Å²) in [5.41, 5.74) is 3.67. The molecule has 1 aliphatic rings. The predicted molar refractivity (Wildman–Crippen MR) is 132 cm³/mol. The fourth-order valence-corrected chi connectivity index (χ4v) is 3.83. The summed E-state index contributed by atoms with van der Waals surface area (Å²) in [5, 5.41) is 4.73. The van der Waals surface area contributed by atoms with E-state index in [9.17, 15) is 0 Å². The van der Waals surface area contributed by atoms with E-state index in [4.69, 9.17) is 0 Å². The minimum atomic E-state index is 0. The zero-order valence-corrected chi connectivity index (χ0v) is 19.1. The maximum absolute atomic E-state index is 4.55. The lowest BCUT2D eigenvalue weighted by atomic mass is 10.1. The maximum Gasteiger partial charge on any atom is 0.193 e. The van der Waals surface area contributed by atoms with E-state index in [0.717, 1.165) is 50.6 Å². The highest BCUT2D eigenvalue weighted by Crippen LogP contribution is 2.17. The van der Waals surface area contributed by atoms with E-state index in [-0.39, 0.29) is 24.0 Å². The van der Waals surface area contributed by atoms with Crippen LogP contribution in [0.2, 0.25) is 0 Å². The van der Waals surface area contributed by atoms with Crippen molar-refractivity contribution in [3.63, 3.8) is 0 Å². The lowest BCUT2D eigenvalue weighted by Crippen LogP contribution is -2.52. The van der Waals surface area contributed by atoms with Crippen LogP contribution in [0, 0.1) is 0 Å². The molecule has 4 rings (SSSR count). The Morgan fingerprint density at radius 1 is 0.966 bits per heavy atom. The van der Waals surface area contributed by atoms with Gasteiger partial charge in [-0.2, -0.15) is 0 Å². The molecule has 1 fully saturated rings. The van der Waals surface area contributed by atoms with Gasteiger partial charge in [0.15, 0.2) is 5.96 Å². The number of halogens is 1. The molecule has 0 atom stereocenters. The van der Waals surface area contributed by atoms with Crippen molar-refractivity contribution in [3.05, 3.63) is 72.4 Å². The Kier molecular flexibility index (Phi) is 7.69. The SMILES string of the molecule is CN=C(NCCc1cccc2cccnc12)N1CCN(c2ccccc2)CC1.I. The summed E-state index contributed by atoms with van der Waals surface area (Å²) < 4.78 is 0. The van der Waals surface area contributed by atoms with Crippen LogP contribution in [0.15, 0.2) is 71.9 Å². The highest BCUT2D eigenvalue weighted by Gasteiger charge is 2.19. The molecule has 0 radical (unpaired) electrons. The highest BCUT2D eigenvalue weighted by molar-refractivity contribution is 14.0. The largest absolute Gasteiger partial charge is 0.368 e. The quantitative estimate of drug-likeness (QED) is 0.336. The number of nitrogens with one attached hydrogen (secondary N) is 1. The van der Waals surface area contributed by atoms with Gasteiger partial charge in [-0.1, -0.05) is 42.5 Å². The lowest BCUT2D eigenvalue weighted by molar-refractivity contribution is 0.373. The van der Waals surface area contributed by atoms with Gasteiger partial charge in [0.25, 0.3) is 0 Å². The Labute approximate surface area is 189 Å². The van der Waals surface area contributed by atoms with Crippen LogP contribution in [0.1, 0.15) is 5.56 Å². The molecule has 2 heterocycles. The van der Waals surface area contributed by atoms with Crippen molar-refractivity contribution in [2.45, 2.75) is 6.42 Å². The molecule has 1 aromatic heterocycles. The molecular weight excluding hydrogens is 473 g/mol. The van der Waals surface area contributed by atoms with Crippen molar-refractivity contribution in [1.29, 1.82) is 0 Å². The molecule has 0 bridgehead atoms. The molecule has 152 valence electrons. The van der Waals surface area contributed by atoms with Crippen LogP contribution in [0.4, 0.5) is 5.69 Å². The molecule has 0 aliphatic carbocycles. The summed E-state index contributed by atoms with van der Waals surface area (Å²) in [6.07, 6.45) is 2.79. The molecule has 1 N–H and O–H groups in total. The van der Waals surface area contributed by atoms with Crippen LogP contribution in [-0.2, 0) is 6.42 Å². The molecule has 0 unspecified atom stereocenters. The second kappa shape index (κ2) is 10.4. The monoisotopic (exact) mass is 501 g/mol. The fraction of sp³-hybridized carbons (Fsp3) is 0.304. The van der Waals surface area contributed by atoms with Gasteiger partial charge in [-0.05, 0) is 30.2 Å². The first-order valence-electron chi connectivity index (χ1n) is 9.93. The van der Waals surface area contributed by atoms with Gasteiger partial charge < -0.3 is 15.1 Å². The number of aromatic nitrogens is 1. The molecule has 1 saturated heterocycles. The van der Waals surface area contributed by atoms with Crippen molar-refractivity contribution >= 4 is 46.5 Å². The third kappa shape index (κ3) is 5.18. The zero-order valence-electron chi connectivity index (χ0n) is 16.8. The number of anilines is 1. The minimum absolute atomic E-state index is 0. The van der Waals surface area contributed by atoms with E-state index in [1.54, 1.807) is 0 Å². The molecule has 5 nitrogen and oxygen atoms in total. The number of nitrogens with zero attached hydrogens (tertiary/aromatic N) is 4. The van der Waals surface area contributed by atoms with Crippen molar-refractivity contribution in [3.8, 4) is 0 Å². The summed E-state index contributed by atoms with van der Waals surface area (Å²) in [7, 11) is 1.87. The number of benzene rings is 2. The molecule has 0 spiro atoms. The summed E-state index contributed by atoms with van der Waals surface area (Å²) in [6, 6.07) is 21.1. The van der Waals surface area contributed by atoms with Crippen LogP contribution in [0.25, 0.3) is 10.9 Å². The van der Waals surface area contributed by atoms with Gasteiger partial charge >= 0.3 is 0 Å². The Bertz CT molecular complexity index is 931. The van der Waals surface area contributed by atoms with Crippen molar-refractivity contribution < 1.29 is 0 Å². The standard InChI is InChI=1S/C23H27N5.HI/c1-24-23(28-17-15-27(16-18-28)21-10-3-2-4-11-21)26-14-12-20-8-5-7-19-9-6-13-25-22(19)20;/h2-11,13H,12,14-18H2,1H3,(H,24,26);1H. The number of piperazine rings is 1. The predicted octanol–water partition coefficient (Wildman–Crippen LogP) is 3.79. The minimum Gasteiger partial charge on any atom is -0.368 e. The molecule has 2 aromatic carbocycles. The van der Waals surface area contributed by atoms with Crippen LogP contribution in [-0.4, -0.2) is 55.6 Å². The van der Waals surface area contributed by atoms with E-state index in [0.29, 0.717) is 0 Å². The number of guanidine groups is 1. The van der Waals surface area contributed by atoms with Crippen molar-refractivity contribution in [2.75, 3.05) is 44.7 Å². The van der Waals surface area contributed by atoms with Gasteiger partial charge in [0.1, 0.15) is 0 Å². The number of fused-ring (bicyclic) bond motifs is 1. The van der Waals surface area contributed by atoms with Crippen LogP contribution in [0.5, 0.6) is 0 Å². The topological polar surface area (TPSA) is 43.8 Å². The summed E-state index contributed by atoms with van der Waals surface area (Å²) in [4.78, 5) is 13.8. The number of para-hydroxylation sites is 2. The average Bonchev–Trinajstić information content (AvgIpc) is 2.78. The van der Waals surface area contributed by atoms with Gasteiger partial charge in [-0.25, -0.2) is 0 Å². The Hall–Kier alpha value is -2.35. The van der Waals surface area contributed by atoms with Crippen molar-refractivity contribution in [2.24, 2.45) is 4.99 Å². The van der Waals surface area contributed by atoms with E-state index >= 15 is 0 Å². The molecule has 29 heavy (non-hydrogen) atoms. The maximum atomic E-state index is 4.55. The smallest absolute Gasteiger partial charge is 0.193 e. The van der Waals surface area contributed by atoms with Gasteiger partial charge in [-0.15, -0.1) is 24.0 Å². The second-order valence-electron chi connectivity index (χ2n) is 7.03. The molecular formula is C23H28IN5. The lowest BCUT2D eigenvalue weighted by Gasteiger charge is -2.37. The van der Waals surface area contributed by atoms with Crippen LogP contribution >= 0.6 is 24.0 Å². The third-order valence-electron chi connectivity index (χ3n) is 5.31. The van der Waals surface area contributed by atoms with E-state index in [1.807, 2.05) is 19.3 Å². The molecule has 0 amide bonds. The summed E-state index contributed by atoms with van der Waals surface area (Å²) >= 11 is 0. The number of hydrogen-bond acceptors (Lipinski definition) is 3. The number of hydrogen-bond donors (Lipinski definition) is 1. The summed E-state index contributed by atoms with van der Waals surface area (Å²) in [5.74, 6) is 0.987. The first-order chi connectivity index (χ1) is 13.8. The van der Waals surface area contributed by atoms with Crippen LogP contribution in [0.3, 0.4) is 0 Å². The van der Waals surface area contributed by atoms with E-state index in [2.05, 4.69) is 79.7 Å². The second-order valence-corrected chi connectivity index (χ2v) is 7.03. The molecule has 1 aliphatic heterocycles. The Balaban J connectivity index is 0.00000240. The van der Waals surface area contributed by atoms with Gasteiger partial charge in [0.2, 0.25) is 0 Å². The summed E-state index contributed by atoms with van der Waals surface area (Å²) in [6.45, 7) is 4.83.